The molecule has 2 fully saturated rings. The zero-order valence-electron chi connectivity index (χ0n) is 17.7. The minimum absolute atomic E-state index is 0.0918. The van der Waals surface area contributed by atoms with Crippen LogP contribution in [0, 0.1) is 32.6 Å². The molecule has 1 aliphatic heterocycles. The molecule has 1 aromatic heterocycles. The number of carbonyl (C=O) groups excluding carboxylic acids is 3. The Morgan fingerprint density at radius 1 is 1.07 bits per heavy atom. The molecule has 0 radical (unpaired) electrons. The molecule has 30 heavy (non-hydrogen) atoms. The van der Waals surface area contributed by atoms with Gasteiger partial charge >= 0.3 is 0 Å². The Morgan fingerprint density at radius 3 is 2.37 bits per heavy atom. The maximum Gasteiger partial charge on any atom is 0.233 e. The highest BCUT2D eigenvalue weighted by atomic mass is 32.1. The topological polar surface area (TPSA) is 79.4 Å². The van der Waals surface area contributed by atoms with Gasteiger partial charge in [0.2, 0.25) is 17.7 Å². The molecule has 1 aromatic carbocycles. The predicted molar refractivity (Wildman–Crippen MR) is 117 cm³/mol. The van der Waals surface area contributed by atoms with Crippen LogP contribution < -0.4 is 5.32 Å². The van der Waals surface area contributed by atoms with Crippen molar-refractivity contribution in [2.45, 2.75) is 52.9 Å². The van der Waals surface area contributed by atoms with Gasteiger partial charge in [0.05, 0.1) is 17.5 Å². The lowest BCUT2D eigenvalue weighted by Gasteiger charge is -2.19. The van der Waals surface area contributed by atoms with Crippen LogP contribution in [0.4, 0.5) is 5.13 Å². The maximum atomic E-state index is 12.5. The van der Waals surface area contributed by atoms with E-state index in [0.29, 0.717) is 5.13 Å². The van der Waals surface area contributed by atoms with E-state index >= 15 is 0 Å². The fourth-order valence-electron chi connectivity index (χ4n) is 4.54. The van der Waals surface area contributed by atoms with Gasteiger partial charge in [0.15, 0.2) is 5.13 Å². The van der Waals surface area contributed by atoms with Crippen LogP contribution in [0.3, 0.4) is 0 Å². The molecule has 3 amide bonds. The molecule has 2 aliphatic rings. The first kappa shape index (κ1) is 20.7. The normalized spacial score (nSPS) is 21.1. The lowest BCUT2D eigenvalue weighted by molar-refractivity contribution is -0.140. The number of benzene rings is 1. The molecule has 1 N–H and O–H groups in total. The first-order chi connectivity index (χ1) is 14.3. The summed E-state index contributed by atoms with van der Waals surface area (Å²) in [5.41, 5.74) is 5.49. The molecule has 4 rings (SSSR count). The molecule has 1 saturated carbocycles. The fourth-order valence-corrected chi connectivity index (χ4v) is 5.26. The van der Waals surface area contributed by atoms with Crippen molar-refractivity contribution in [1.82, 2.24) is 9.88 Å². The second-order valence-corrected chi connectivity index (χ2v) is 9.27. The standard InChI is InChI=1S/C23H27N3O3S/c1-13-10-15(3)18(11-14(13)2)19-12-30-23(24-19)25-20(27)8-9-26-21(28)16-6-4-5-7-17(16)22(26)29/h10-12,16-17H,4-9H2,1-3H3,(H,24,25,27)/t16-,17+. The third kappa shape index (κ3) is 3.90. The Bertz CT molecular complexity index is 989. The van der Waals surface area contributed by atoms with E-state index < -0.39 is 0 Å². The zero-order chi connectivity index (χ0) is 21.4. The second-order valence-electron chi connectivity index (χ2n) is 8.41. The average molecular weight is 426 g/mol. The number of aromatic nitrogens is 1. The molecule has 1 aliphatic carbocycles. The first-order valence-corrected chi connectivity index (χ1v) is 11.4. The van der Waals surface area contributed by atoms with Crippen LogP contribution >= 0.6 is 11.3 Å². The number of rotatable bonds is 5. The van der Waals surface area contributed by atoms with Gasteiger partial charge in [-0.1, -0.05) is 18.9 Å². The van der Waals surface area contributed by atoms with E-state index in [1.165, 1.54) is 27.4 Å². The number of imide groups is 1. The fraction of sp³-hybridized carbons (Fsp3) is 0.478. The first-order valence-electron chi connectivity index (χ1n) is 10.5. The molecule has 2 heterocycles. The number of thiazole rings is 1. The molecule has 2 atom stereocenters. The predicted octanol–water partition coefficient (Wildman–Crippen LogP) is 4.24. The summed E-state index contributed by atoms with van der Waals surface area (Å²) >= 11 is 1.38. The van der Waals surface area contributed by atoms with E-state index in [4.69, 9.17) is 0 Å². The second kappa shape index (κ2) is 8.30. The summed E-state index contributed by atoms with van der Waals surface area (Å²) in [6.07, 6.45) is 3.67. The number of hydrogen-bond acceptors (Lipinski definition) is 5. The van der Waals surface area contributed by atoms with Crippen molar-refractivity contribution in [3.8, 4) is 11.3 Å². The van der Waals surface area contributed by atoms with Crippen molar-refractivity contribution in [3.63, 3.8) is 0 Å². The van der Waals surface area contributed by atoms with Crippen molar-refractivity contribution < 1.29 is 14.4 Å². The monoisotopic (exact) mass is 425 g/mol. The van der Waals surface area contributed by atoms with Crippen molar-refractivity contribution in [3.05, 3.63) is 34.2 Å². The van der Waals surface area contributed by atoms with Gasteiger partial charge in [0, 0.05) is 23.9 Å². The average Bonchev–Trinajstić information content (AvgIpc) is 3.27. The van der Waals surface area contributed by atoms with Gasteiger partial charge in [-0.15, -0.1) is 11.3 Å². The smallest absolute Gasteiger partial charge is 0.233 e. The summed E-state index contributed by atoms with van der Waals surface area (Å²) in [6, 6.07) is 4.26. The quantitative estimate of drug-likeness (QED) is 0.727. The summed E-state index contributed by atoms with van der Waals surface area (Å²) in [5.74, 6) is -0.768. The Morgan fingerprint density at radius 2 is 1.70 bits per heavy atom. The molecule has 2 aromatic rings. The molecule has 0 bridgehead atoms. The molecule has 158 valence electrons. The van der Waals surface area contributed by atoms with E-state index in [1.807, 2.05) is 5.38 Å². The van der Waals surface area contributed by atoms with Gasteiger partial charge in [0.25, 0.3) is 0 Å². The van der Waals surface area contributed by atoms with Crippen molar-refractivity contribution in [2.75, 3.05) is 11.9 Å². The van der Waals surface area contributed by atoms with Crippen molar-refractivity contribution >= 4 is 34.2 Å². The number of aryl methyl sites for hydroxylation is 3. The van der Waals surface area contributed by atoms with Crippen LogP contribution in [-0.4, -0.2) is 34.2 Å². The van der Waals surface area contributed by atoms with Gasteiger partial charge in [-0.3, -0.25) is 19.3 Å². The third-order valence-corrected chi connectivity index (χ3v) is 7.12. The van der Waals surface area contributed by atoms with Crippen molar-refractivity contribution in [2.24, 2.45) is 11.8 Å². The summed E-state index contributed by atoms with van der Waals surface area (Å²) in [5, 5.41) is 5.28. The number of carbonyl (C=O) groups is 3. The van der Waals surface area contributed by atoms with Gasteiger partial charge in [-0.25, -0.2) is 4.98 Å². The number of fused-ring (bicyclic) bond motifs is 1. The Labute approximate surface area is 180 Å². The highest BCUT2D eigenvalue weighted by molar-refractivity contribution is 7.14. The molecule has 1 saturated heterocycles. The maximum absolute atomic E-state index is 12.5. The lowest BCUT2D eigenvalue weighted by Crippen LogP contribution is -2.34. The van der Waals surface area contributed by atoms with Crippen LogP contribution in [0.1, 0.15) is 48.8 Å². The van der Waals surface area contributed by atoms with Gasteiger partial charge in [-0.2, -0.15) is 0 Å². The van der Waals surface area contributed by atoms with E-state index in [9.17, 15) is 14.4 Å². The van der Waals surface area contributed by atoms with Crippen LogP contribution in [0.2, 0.25) is 0 Å². The number of nitrogens with one attached hydrogen (secondary N) is 1. The Balaban J connectivity index is 1.37. The summed E-state index contributed by atoms with van der Waals surface area (Å²) < 4.78 is 0. The number of likely N-dealkylation sites (tertiary alicyclic amines) is 1. The Kier molecular flexibility index (Phi) is 5.73. The van der Waals surface area contributed by atoms with E-state index in [2.05, 4.69) is 43.2 Å². The summed E-state index contributed by atoms with van der Waals surface area (Å²) in [4.78, 5) is 43.3. The molecule has 0 spiro atoms. The van der Waals surface area contributed by atoms with Crippen molar-refractivity contribution in [1.29, 1.82) is 0 Å². The van der Waals surface area contributed by atoms with E-state index in [-0.39, 0.29) is 42.5 Å². The highest BCUT2D eigenvalue weighted by Crippen LogP contribution is 2.38. The molecule has 6 nitrogen and oxygen atoms in total. The summed E-state index contributed by atoms with van der Waals surface area (Å²) in [7, 11) is 0. The van der Waals surface area contributed by atoms with Gasteiger partial charge in [-0.05, 0) is 56.4 Å². The largest absolute Gasteiger partial charge is 0.302 e. The molecule has 0 unspecified atom stereocenters. The number of anilines is 1. The molecular formula is C23H27N3O3S. The van der Waals surface area contributed by atoms with Crippen LogP contribution in [0.5, 0.6) is 0 Å². The minimum Gasteiger partial charge on any atom is -0.302 e. The van der Waals surface area contributed by atoms with Crippen LogP contribution in [0.15, 0.2) is 17.5 Å². The lowest BCUT2D eigenvalue weighted by atomic mass is 9.81. The van der Waals surface area contributed by atoms with E-state index in [0.717, 1.165) is 42.5 Å². The van der Waals surface area contributed by atoms with E-state index in [1.54, 1.807) is 0 Å². The zero-order valence-corrected chi connectivity index (χ0v) is 18.5. The minimum atomic E-state index is -0.233. The highest BCUT2D eigenvalue weighted by Gasteiger charge is 2.47. The number of nitrogens with zero attached hydrogens (tertiary/aromatic N) is 2. The summed E-state index contributed by atoms with van der Waals surface area (Å²) in [6.45, 7) is 6.36. The van der Waals surface area contributed by atoms with Gasteiger partial charge < -0.3 is 5.32 Å². The van der Waals surface area contributed by atoms with Gasteiger partial charge in [0.1, 0.15) is 0 Å². The molecule has 7 heteroatoms. The molecular weight excluding hydrogens is 398 g/mol. The van der Waals surface area contributed by atoms with Crippen LogP contribution in [0.25, 0.3) is 11.3 Å². The van der Waals surface area contributed by atoms with Crippen LogP contribution in [-0.2, 0) is 14.4 Å². The SMILES string of the molecule is Cc1cc(C)c(-c2csc(NC(=O)CCN3C(=O)[C@H]4CCCC[C@H]4C3=O)n2)cc1C. The number of hydrogen-bond donors (Lipinski definition) is 1. The third-order valence-electron chi connectivity index (χ3n) is 6.36. The Hall–Kier alpha value is -2.54. The number of amides is 3.